The van der Waals surface area contributed by atoms with Crippen molar-refractivity contribution in [1.29, 1.82) is 0 Å². The molecule has 0 aliphatic carbocycles. The zero-order valence-electron chi connectivity index (χ0n) is 17.7. The molecule has 0 atom stereocenters. The lowest BCUT2D eigenvalue weighted by atomic mass is 10.2. The smallest absolute Gasteiger partial charge is 0.323 e. The number of urea groups is 1. The Hall–Kier alpha value is -3.34. The summed E-state index contributed by atoms with van der Waals surface area (Å²) in [4.78, 5) is 35.2. The molecular formula is C22H21ClN6O3S. The molecule has 170 valence electrons. The summed E-state index contributed by atoms with van der Waals surface area (Å²) in [6, 6.07) is 13.7. The number of rotatable bonds is 5. The molecule has 1 aliphatic rings. The van der Waals surface area contributed by atoms with Crippen LogP contribution in [0.25, 0.3) is 11.4 Å². The molecule has 0 bridgehead atoms. The fourth-order valence-electron chi connectivity index (χ4n) is 3.27. The van der Waals surface area contributed by atoms with Crippen LogP contribution < -0.4 is 21.3 Å². The highest BCUT2D eigenvalue weighted by Gasteiger charge is 2.20. The van der Waals surface area contributed by atoms with E-state index >= 15 is 0 Å². The first-order chi connectivity index (χ1) is 15.9. The van der Waals surface area contributed by atoms with Gasteiger partial charge in [0.25, 0.3) is 5.91 Å². The third kappa shape index (κ3) is 5.36. The third-order valence-electron chi connectivity index (χ3n) is 4.88. The Kier molecular flexibility index (Phi) is 6.97. The van der Waals surface area contributed by atoms with Gasteiger partial charge < -0.3 is 26.0 Å². The van der Waals surface area contributed by atoms with Gasteiger partial charge in [-0.2, -0.15) is 0 Å². The molecule has 1 fully saturated rings. The van der Waals surface area contributed by atoms with Crippen LogP contribution in [0.15, 0.2) is 53.4 Å². The average Bonchev–Trinajstić information content (AvgIpc) is 2.80. The van der Waals surface area contributed by atoms with Crippen LogP contribution in [0.5, 0.6) is 0 Å². The number of aromatic nitrogens is 2. The van der Waals surface area contributed by atoms with Crippen LogP contribution in [0.2, 0.25) is 5.15 Å². The molecule has 2 aromatic carbocycles. The normalized spacial score (nSPS) is 13.6. The molecule has 3 aromatic rings. The van der Waals surface area contributed by atoms with Gasteiger partial charge in [-0.3, -0.25) is 4.79 Å². The maximum absolute atomic E-state index is 12.4. The van der Waals surface area contributed by atoms with E-state index in [0.717, 1.165) is 11.3 Å². The number of benzene rings is 2. The van der Waals surface area contributed by atoms with E-state index in [9.17, 15) is 9.59 Å². The van der Waals surface area contributed by atoms with Crippen molar-refractivity contribution in [3.63, 3.8) is 0 Å². The number of carbonyl (C=O) groups is 2. The van der Waals surface area contributed by atoms with Crippen LogP contribution in [0.1, 0.15) is 0 Å². The minimum Gasteiger partial charge on any atom is -0.383 e. The second-order valence-electron chi connectivity index (χ2n) is 7.06. The van der Waals surface area contributed by atoms with E-state index in [1.807, 2.05) is 6.26 Å². The zero-order valence-corrected chi connectivity index (χ0v) is 19.2. The fourth-order valence-corrected chi connectivity index (χ4v) is 4.15. The highest BCUT2D eigenvalue weighted by Crippen LogP contribution is 2.31. The van der Waals surface area contributed by atoms with E-state index < -0.39 is 6.03 Å². The first kappa shape index (κ1) is 22.8. The van der Waals surface area contributed by atoms with Crippen molar-refractivity contribution in [3.8, 4) is 11.4 Å². The summed E-state index contributed by atoms with van der Waals surface area (Å²) in [6.45, 7) is 1.09. The second-order valence-corrected chi connectivity index (χ2v) is 8.23. The molecule has 0 saturated carbocycles. The van der Waals surface area contributed by atoms with E-state index in [4.69, 9.17) is 22.1 Å². The standard InChI is InChI=1S/C22H21ClN6O3S/c1-33-18-19(23)27-21(28-20(18)24)13-2-4-14(5-3-13)25-22(31)26-15-6-8-16(9-7-15)29-10-11-32-12-17(29)30/h2-9H,10-12H2,1H3,(H2,24,27,28)(H2,25,26,31). The molecule has 3 amide bonds. The van der Waals surface area contributed by atoms with Gasteiger partial charge in [-0.05, 0) is 54.8 Å². The number of halogens is 1. The number of nitrogens with zero attached hydrogens (tertiary/aromatic N) is 3. The van der Waals surface area contributed by atoms with Crippen molar-refractivity contribution >= 4 is 58.2 Å². The van der Waals surface area contributed by atoms with Gasteiger partial charge in [-0.25, -0.2) is 14.8 Å². The van der Waals surface area contributed by atoms with Gasteiger partial charge in [0, 0.05) is 29.2 Å². The number of morpholine rings is 1. The van der Waals surface area contributed by atoms with Gasteiger partial charge in [0.15, 0.2) is 5.82 Å². The number of ether oxygens (including phenoxy) is 1. The quantitative estimate of drug-likeness (QED) is 0.368. The molecule has 1 aliphatic heterocycles. The highest BCUT2D eigenvalue weighted by atomic mass is 35.5. The largest absolute Gasteiger partial charge is 0.383 e. The number of amides is 3. The van der Waals surface area contributed by atoms with Gasteiger partial charge >= 0.3 is 6.03 Å². The number of thioether (sulfide) groups is 1. The van der Waals surface area contributed by atoms with Crippen LogP contribution in [-0.2, 0) is 9.53 Å². The Labute approximate surface area is 199 Å². The summed E-state index contributed by atoms with van der Waals surface area (Å²) in [5.74, 6) is 0.645. The van der Waals surface area contributed by atoms with Gasteiger partial charge in [0.2, 0.25) is 0 Å². The maximum atomic E-state index is 12.4. The third-order valence-corrected chi connectivity index (χ3v) is 6.07. The Morgan fingerprint density at radius 1 is 1.09 bits per heavy atom. The van der Waals surface area contributed by atoms with E-state index in [2.05, 4.69) is 20.6 Å². The van der Waals surface area contributed by atoms with Gasteiger partial charge in [-0.15, -0.1) is 11.8 Å². The Bertz CT molecular complexity index is 1150. The van der Waals surface area contributed by atoms with Crippen molar-refractivity contribution < 1.29 is 14.3 Å². The van der Waals surface area contributed by atoms with Gasteiger partial charge in [0.05, 0.1) is 11.5 Å². The topological polar surface area (TPSA) is 122 Å². The van der Waals surface area contributed by atoms with Crippen LogP contribution in [-0.4, -0.2) is 47.9 Å². The predicted molar refractivity (Wildman–Crippen MR) is 131 cm³/mol. The van der Waals surface area contributed by atoms with Crippen molar-refractivity contribution in [2.24, 2.45) is 0 Å². The predicted octanol–water partition coefficient (Wildman–Crippen LogP) is 4.11. The fraction of sp³-hybridized carbons (Fsp3) is 0.182. The minimum absolute atomic E-state index is 0.0802. The highest BCUT2D eigenvalue weighted by molar-refractivity contribution is 7.98. The number of anilines is 4. The van der Waals surface area contributed by atoms with Crippen molar-refractivity contribution in [1.82, 2.24) is 9.97 Å². The molecule has 9 nitrogen and oxygen atoms in total. The van der Waals surface area contributed by atoms with Crippen LogP contribution in [0.3, 0.4) is 0 Å². The summed E-state index contributed by atoms with van der Waals surface area (Å²) in [5.41, 5.74) is 8.62. The average molecular weight is 485 g/mol. The first-order valence-electron chi connectivity index (χ1n) is 9.98. The van der Waals surface area contributed by atoms with E-state index in [1.54, 1.807) is 53.4 Å². The molecule has 1 saturated heterocycles. The summed E-state index contributed by atoms with van der Waals surface area (Å²) in [6.07, 6.45) is 1.85. The number of carbonyl (C=O) groups excluding carboxylic acids is 2. The lowest BCUT2D eigenvalue weighted by Gasteiger charge is -2.26. The molecule has 11 heteroatoms. The summed E-state index contributed by atoms with van der Waals surface area (Å²) >= 11 is 7.57. The molecular weight excluding hydrogens is 464 g/mol. The van der Waals surface area contributed by atoms with E-state index in [-0.39, 0.29) is 12.5 Å². The van der Waals surface area contributed by atoms with Crippen LogP contribution in [0, 0.1) is 0 Å². The molecule has 0 spiro atoms. The number of hydrogen-bond acceptors (Lipinski definition) is 7. The van der Waals surface area contributed by atoms with E-state index in [0.29, 0.717) is 46.2 Å². The number of hydrogen-bond donors (Lipinski definition) is 3. The lowest BCUT2D eigenvalue weighted by molar-refractivity contribution is -0.125. The SMILES string of the molecule is CSc1c(N)nc(-c2ccc(NC(=O)Nc3ccc(N4CCOCC4=O)cc3)cc2)nc1Cl. The minimum atomic E-state index is -0.397. The molecule has 2 heterocycles. The lowest BCUT2D eigenvalue weighted by Crippen LogP contribution is -2.41. The Balaban J connectivity index is 1.37. The zero-order chi connectivity index (χ0) is 23.4. The van der Waals surface area contributed by atoms with Crippen molar-refractivity contribution in [3.05, 3.63) is 53.7 Å². The van der Waals surface area contributed by atoms with Crippen molar-refractivity contribution in [2.75, 3.05) is 47.3 Å². The van der Waals surface area contributed by atoms with Gasteiger partial charge in [-0.1, -0.05) is 11.6 Å². The first-order valence-corrected chi connectivity index (χ1v) is 11.6. The maximum Gasteiger partial charge on any atom is 0.323 e. The molecule has 4 N–H and O–H groups in total. The second kappa shape index (κ2) is 10.1. The van der Waals surface area contributed by atoms with Crippen molar-refractivity contribution in [2.45, 2.75) is 4.90 Å². The van der Waals surface area contributed by atoms with E-state index in [1.165, 1.54) is 11.8 Å². The molecule has 0 unspecified atom stereocenters. The summed E-state index contributed by atoms with van der Waals surface area (Å²) in [7, 11) is 0. The summed E-state index contributed by atoms with van der Waals surface area (Å²) in [5, 5.41) is 5.84. The molecule has 1 aromatic heterocycles. The Morgan fingerprint density at radius 3 is 2.30 bits per heavy atom. The Morgan fingerprint density at radius 2 is 1.73 bits per heavy atom. The number of nitrogens with two attached hydrogens (primary N) is 1. The molecule has 33 heavy (non-hydrogen) atoms. The van der Waals surface area contributed by atoms with Crippen LogP contribution in [0.4, 0.5) is 27.7 Å². The number of nitrogens with one attached hydrogen (secondary N) is 2. The summed E-state index contributed by atoms with van der Waals surface area (Å²) < 4.78 is 5.14. The molecule has 0 radical (unpaired) electrons. The van der Waals surface area contributed by atoms with Crippen LogP contribution >= 0.6 is 23.4 Å². The number of nitrogen functional groups attached to an aromatic ring is 1. The molecule has 4 rings (SSSR count). The monoisotopic (exact) mass is 484 g/mol. The van der Waals surface area contributed by atoms with Gasteiger partial charge in [0.1, 0.15) is 17.6 Å².